The Bertz CT molecular complexity index is 134. The van der Waals surface area contributed by atoms with E-state index < -0.39 is 5.97 Å². The molecule has 4 heteroatoms. The van der Waals surface area contributed by atoms with E-state index in [1.54, 1.807) is 13.0 Å². The van der Waals surface area contributed by atoms with Gasteiger partial charge in [-0.25, -0.2) is 4.79 Å². The zero-order chi connectivity index (χ0) is 7.28. The minimum absolute atomic E-state index is 0. The zero-order valence-corrected chi connectivity index (χ0v) is 6.65. The van der Waals surface area contributed by atoms with Gasteiger partial charge in [-0.1, -0.05) is 6.08 Å². The quantitative estimate of drug-likeness (QED) is 0.608. The second-order valence-electron chi connectivity index (χ2n) is 1.77. The number of carbonyl (C=O) groups is 1. The zero-order valence-electron chi connectivity index (χ0n) is 5.83. The maximum absolute atomic E-state index is 10.1. The predicted octanol–water partition coefficient (Wildman–Crippen LogP) is 0.788. The fraction of sp³-hybridized carbons (Fsp3) is 0.500. The minimum atomic E-state index is -0.872. The molecule has 0 aromatic heterocycles. The van der Waals surface area contributed by atoms with Gasteiger partial charge >= 0.3 is 5.97 Å². The van der Waals surface area contributed by atoms with Crippen LogP contribution in [0.2, 0.25) is 0 Å². The third-order valence-corrected chi connectivity index (χ3v) is 0.955. The molecule has 10 heavy (non-hydrogen) atoms. The molecule has 0 rings (SSSR count). The molecule has 3 N–H and O–H groups in total. The molecule has 0 saturated heterocycles. The molecule has 0 aliphatic heterocycles. The molecule has 0 atom stereocenters. The molecule has 3 nitrogen and oxygen atoms in total. The van der Waals surface area contributed by atoms with Crippen molar-refractivity contribution in [3.8, 4) is 0 Å². The molecule has 0 spiro atoms. The van der Waals surface area contributed by atoms with Crippen molar-refractivity contribution in [3.05, 3.63) is 11.6 Å². The fourth-order valence-corrected chi connectivity index (χ4v) is 0.387. The normalized spacial score (nSPS) is 10.4. The van der Waals surface area contributed by atoms with Gasteiger partial charge in [-0.2, -0.15) is 0 Å². The van der Waals surface area contributed by atoms with E-state index in [9.17, 15) is 4.79 Å². The highest BCUT2D eigenvalue weighted by Gasteiger charge is 1.95. The van der Waals surface area contributed by atoms with Crippen LogP contribution in [0, 0.1) is 0 Å². The standard InChI is InChI=1S/C6H11NO2.ClH/c1-5(6(8)9)3-2-4-7;/h3H,2,4,7H2,1H3,(H,8,9);1H/b5-3+;. The molecule has 0 aromatic carbocycles. The molecule has 0 fully saturated rings. The van der Waals surface area contributed by atoms with Crippen LogP contribution in [0.15, 0.2) is 11.6 Å². The topological polar surface area (TPSA) is 63.3 Å². The summed E-state index contributed by atoms with van der Waals surface area (Å²) in [5, 5.41) is 8.30. The Morgan fingerprint density at radius 2 is 2.20 bits per heavy atom. The van der Waals surface area contributed by atoms with Crippen LogP contribution in [0.25, 0.3) is 0 Å². The van der Waals surface area contributed by atoms with Crippen LogP contribution in [0.5, 0.6) is 0 Å². The Morgan fingerprint density at radius 3 is 2.50 bits per heavy atom. The van der Waals surface area contributed by atoms with Crippen molar-refractivity contribution in [2.75, 3.05) is 6.54 Å². The van der Waals surface area contributed by atoms with Gasteiger partial charge in [-0.05, 0) is 19.9 Å². The first-order chi connectivity index (χ1) is 4.18. The van der Waals surface area contributed by atoms with Crippen molar-refractivity contribution in [3.63, 3.8) is 0 Å². The van der Waals surface area contributed by atoms with Crippen molar-refractivity contribution < 1.29 is 9.90 Å². The number of aliphatic carboxylic acids is 1. The molecule has 0 aliphatic carbocycles. The van der Waals surface area contributed by atoms with Crippen molar-refractivity contribution in [1.82, 2.24) is 0 Å². The number of nitrogens with two attached hydrogens (primary N) is 1. The molecule has 0 bridgehead atoms. The first-order valence-electron chi connectivity index (χ1n) is 2.78. The summed E-state index contributed by atoms with van der Waals surface area (Å²) in [5.74, 6) is -0.872. The highest BCUT2D eigenvalue weighted by molar-refractivity contribution is 5.85. The fourth-order valence-electron chi connectivity index (χ4n) is 0.387. The summed E-state index contributed by atoms with van der Waals surface area (Å²) in [5.41, 5.74) is 5.50. The molecular formula is C6H12ClNO2. The molecule has 0 heterocycles. The van der Waals surface area contributed by atoms with Gasteiger partial charge in [0, 0.05) is 5.57 Å². The summed E-state index contributed by atoms with van der Waals surface area (Å²) < 4.78 is 0. The number of carboxylic acids is 1. The first-order valence-corrected chi connectivity index (χ1v) is 2.78. The molecule has 0 radical (unpaired) electrons. The molecule has 0 saturated carbocycles. The van der Waals surface area contributed by atoms with Gasteiger partial charge in [-0.15, -0.1) is 12.4 Å². The monoisotopic (exact) mass is 165 g/mol. The Morgan fingerprint density at radius 1 is 1.70 bits per heavy atom. The van der Waals surface area contributed by atoms with Gasteiger partial charge in [0.15, 0.2) is 0 Å². The molecule has 0 unspecified atom stereocenters. The van der Waals surface area contributed by atoms with E-state index in [1.165, 1.54) is 0 Å². The second kappa shape index (κ2) is 6.58. The Labute approximate surface area is 66.3 Å². The Balaban J connectivity index is 0. The van der Waals surface area contributed by atoms with Crippen LogP contribution in [-0.2, 0) is 4.79 Å². The van der Waals surface area contributed by atoms with E-state index in [2.05, 4.69) is 0 Å². The van der Waals surface area contributed by atoms with E-state index in [0.29, 0.717) is 18.5 Å². The van der Waals surface area contributed by atoms with Crippen molar-refractivity contribution in [2.24, 2.45) is 5.73 Å². The van der Waals surface area contributed by atoms with Gasteiger partial charge in [-0.3, -0.25) is 0 Å². The average Bonchev–Trinajstić information content (AvgIpc) is 1.82. The highest BCUT2D eigenvalue weighted by atomic mass is 35.5. The Kier molecular flexibility index (Phi) is 8.00. The van der Waals surface area contributed by atoms with Crippen LogP contribution in [-0.4, -0.2) is 17.6 Å². The Hall–Kier alpha value is -0.540. The van der Waals surface area contributed by atoms with Crippen LogP contribution in [0.4, 0.5) is 0 Å². The van der Waals surface area contributed by atoms with Crippen molar-refractivity contribution in [1.29, 1.82) is 0 Å². The van der Waals surface area contributed by atoms with Gasteiger partial charge < -0.3 is 10.8 Å². The van der Waals surface area contributed by atoms with Crippen LogP contribution < -0.4 is 5.73 Å². The summed E-state index contributed by atoms with van der Waals surface area (Å²) in [4.78, 5) is 10.1. The maximum Gasteiger partial charge on any atom is 0.330 e. The molecule has 0 aromatic rings. The average molecular weight is 166 g/mol. The minimum Gasteiger partial charge on any atom is -0.478 e. The summed E-state index contributed by atoms with van der Waals surface area (Å²) in [6.07, 6.45) is 2.25. The van der Waals surface area contributed by atoms with Gasteiger partial charge in [0.25, 0.3) is 0 Å². The number of carboxylic acid groups (broad SMARTS) is 1. The van der Waals surface area contributed by atoms with Crippen LogP contribution in [0.1, 0.15) is 13.3 Å². The van der Waals surface area contributed by atoms with Gasteiger partial charge in [0.1, 0.15) is 0 Å². The summed E-state index contributed by atoms with van der Waals surface area (Å²) >= 11 is 0. The number of hydrogen-bond acceptors (Lipinski definition) is 2. The van der Waals surface area contributed by atoms with E-state index in [-0.39, 0.29) is 12.4 Å². The lowest BCUT2D eigenvalue weighted by Gasteiger charge is -1.89. The van der Waals surface area contributed by atoms with Gasteiger partial charge in [0.2, 0.25) is 0 Å². The van der Waals surface area contributed by atoms with Crippen LogP contribution >= 0.6 is 12.4 Å². The lowest BCUT2D eigenvalue weighted by atomic mass is 10.2. The SMILES string of the molecule is C/C(=C\CCN)C(=O)O.Cl. The summed E-state index contributed by atoms with van der Waals surface area (Å²) in [6.45, 7) is 2.06. The lowest BCUT2D eigenvalue weighted by Crippen LogP contribution is -1.99. The largest absolute Gasteiger partial charge is 0.478 e. The first kappa shape index (κ1) is 12.2. The predicted molar refractivity (Wildman–Crippen MR) is 42.3 cm³/mol. The van der Waals surface area contributed by atoms with Crippen molar-refractivity contribution >= 4 is 18.4 Å². The molecule has 0 amide bonds. The molecule has 60 valence electrons. The summed E-state index contributed by atoms with van der Waals surface area (Å²) in [6, 6.07) is 0. The third-order valence-electron chi connectivity index (χ3n) is 0.955. The van der Waals surface area contributed by atoms with E-state index >= 15 is 0 Å². The number of halogens is 1. The summed E-state index contributed by atoms with van der Waals surface area (Å²) in [7, 11) is 0. The maximum atomic E-state index is 10.1. The highest BCUT2D eigenvalue weighted by Crippen LogP contribution is 1.92. The van der Waals surface area contributed by atoms with Gasteiger partial charge in [0.05, 0.1) is 0 Å². The lowest BCUT2D eigenvalue weighted by molar-refractivity contribution is -0.132. The van der Waals surface area contributed by atoms with E-state index in [0.717, 1.165) is 0 Å². The van der Waals surface area contributed by atoms with Crippen LogP contribution in [0.3, 0.4) is 0 Å². The van der Waals surface area contributed by atoms with E-state index in [1.807, 2.05) is 0 Å². The third kappa shape index (κ3) is 5.59. The van der Waals surface area contributed by atoms with Crippen molar-refractivity contribution in [2.45, 2.75) is 13.3 Å². The number of hydrogen-bond donors (Lipinski definition) is 2. The van der Waals surface area contributed by atoms with E-state index in [4.69, 9.17) is 10.8 Å². The number of rotatable bonds is 3. The smallest absolute Gasteiger partial charge is 0.330 e. The second-order valence-corrected chi connectivity index (χ2v) is 1.77. The molecule has 0 aliphatic rings. The molecular weight excluding hydrogens is 154 g/mol.